The molecule has 0 spiro atoms. The van der Waals surface area contributed by atoms with Crippen LogP contribution in [-0.2, 0) is 4.79 Å². The van der Waals surface area contributed by atoms with Gasteiger partial charge in [-0.3, -0.25) is 4.79 Å². The van der Waals surface area contributed by atoms with Crippen molar-refractivity contribution in [3.05, 3.63) is 28.2 Å². The van der Waals surface area contributed by atoms with Crippen LogP contribution in [0.5, 0.6) is 0 Å². The number of aromatic nitrogens is 3. The molecule has 2 aliphatic rings. The van der Waals surface area contributed by atoms with Crippen molar-refractivity contribution in [2.75, 3.05) is 0 Å². The van der Waals surface area contributed by atoms with Gasteiger partial charge in [0.2, 0.25) is 5.95 Å². The molecule has 0 amide bonds. The van der Waals surface area contributed by atoms with E-state index in [2.05, 4.69) is 33.4 Å². The van der Waals surface area contributed by atoms with E-state index in [-0.39, 0.29) is 17.7 Å². The first-order chi connectivity index (χ1) is 9.75. The Morgan fingerprint density at radius 2 is 2.30 bits per heavy atom. The molecular formula is C14H14N4OS. The molecule has 6 heteroatoms. The summed E-state index contributed by atoms with van der Waals surface area (Å²) in [7, 11) is 0. The first-order valence-electron chi connectivity index (χ1n) is 6.79. The summed E-state index contributed by atoms with van der Waals surface area (Å²) in [6, 6.07) is 2.03. The summed E-state index contributed by atoms with van der Waals surface area (Å²) in [5, 5.41) is 6.38. The van der Waals surface area contributed by atoms with Crippen molar-refractivity contribution in [3.63, 3.8) is 0 Å². The minimum absolute atomic E-state index is 0.0622. The minimum atomic E-state index is -0.157. The first-order valence-corrected chi connectivity index (χ1v) is 7.67. The molecule has 1 saturated carbocycles. The van der Waals surface area contributed by atoms with Gasteiger partial charge in [0.15, 0.2) is 0 Å². The second-order valence-corrected chi connectivity index (χ2v) is 6.27. The summed E-state index contributed by atoms with van der Waals surface area (Å²) in [6.07, 6.45) is 3.97. The molecule has 3 heterocycles. The third-order valence-electron chi connectivity index (χ3n) is 4.11. The van der Waals surface area contributed by atoms with Gasteiger partial charge in [-0.2, -0.15) is 10.1 Å². The number of hydrogen-bond acceptors (Lipinski definition) is 5. The molecule has 20 heavy (non-hydrogen) atoms. The molecule has 1 aliphatic carbocycles. The lowest BCUT2D eigenvalue weighted by Crippen LogP contribution is -2.39. The normalized spacial score (nSPS) is 25.1. The highest BCUT2D eigenvalue weighted by atomic mass is 32.1. The molecule has 0 aromatic carbocycles. The largest absolute Gasteiger partial charge is 0.299 e. The highest BCUT2D eigenvalue weighted by molar-refractivity contribution is 7.10. The van der Waals surface area contributed by atoms with E-state index < -0.39 is 0 Å². The van der Waals surface area contributed by atoms with E-state index in [1.165, 1.54) is 16.8 Å². The fraction of sp³-hybridized carbons (Fsp3) is 0.429. The summed E-state index contributed by atoms with van der Waals surface area (Å²) in [4.78, 5) is 22.4. The quantitative estimate of drug-likeness (QED) is 0.809. The van der Waals surface area contributed by atoms with Crippen molar-refractivity contribution in [2.45, 2.75) is 32.2 Å². The second-order valence-electron chi connectivity index (χ2n) is 5.32. The van der Waals surface area contributed by atoms with E-state index >= 15 is 0 Å². The molecule has 2 aromatic rings. The van der Waals surface area contributed by atoms with Crippen LogP contribution in [0.4, 0.5) is 5.95 Å². The Kier molecular flexibility index (Phi) is 2.60. The van der Waals surface area contributed by atoms with Crippen LogP contribution < -0.4 is 0 Å². The van der Waals surface area contributed by atoms with Crippen LogP contribution in [0.25, 0.3) is 0 Å². The Morgan fingerprint density at radius 1 is 1.40 bits per heavy atom. The fourth-order valence-electron chi connectivity index (χ4n) is 3.16. The number of ketones is 1. The fourth-order valence-corrected chi connectivity index (χ4v) is 4.21. The van der Waals surface area contributed by atoms with Gasteiger partial charge in [-0.05, 0) is 36.8 Å². The Morgan fingerprint density at radius 3 is 3.10 bits per heavy atom. The van der Waals surface area contributed by atoms with Crippen LogP contribution in [0.1, 0.15) is 35.7 Å². The molecule has 4 rings (SSSR count). The third kappa shape index (κ3) is 1.61. The number of hydrogen-bond donors (Lipinski definition) is 0. The van der Waals surface area contributed by atoms with E-state index in [4.69, 9.17) is 0 Å². The minimum Gasteiger partial charge on any atom is -0.299 e. The Labute approximate surface area is 120 Å². The number of carbonyl (C=O) groups is 1. The van der Waals surface area contributed by atoms with Gasteiger partial charge in [-0.25, -0.2) is 9.67 Å². The topological polar surface area (TPSA) is 60.1 Å². The van der Waals surface area contributed by atoms with Crippen LogP contribution in [0.2, 0.25) is 0 Å². The van der Waals surface area contributed by atoms with E-state index in [1.54, 1.807) is 11.3 Å². The first kappa shape index (κ1) is 12.0. The molecule has 1 fully saturated rings. The molecule has 2 aromatic heterocycles. The smallest absolute Gasteiger partial charge is 0.248 e. The van der Waals surface area contributed by atoms with Gasteiger partial charge in [0.25, 0.3) is 0 Å². The molecular weight excluding hydrogens is 272 g/mol. The van der Waals surface area contributed by atoms with Crippen molar-refractivity contribution in [2.24, 2.45) is 10.9 Å². The Bertz CT molecular complexity index is 714. The van der Waals surface area contributed by atoms with E-state index in [9.17, 15) is 4.79 Å². The lowest BCUT2D eigenvalue weighted by atomic mass is 9.79. The number of thiophene rings is 1. The van der Waals surface area contributed by atoms with Crippen molar-refractivity contribution >= 4 is 28.8 Å². The second kappa shape index (κ2) is 4.34. The number of carbonyl (C=O) groups excluding carboxylic acids is 1. The van der Waals surface area contributed by atoms with Gasteiger partial charge in [-0.15, -0.1) is 11.3 Å². The van der Waals surface area contributed by atoms with Crippen molar-refractivity contribution < 1.29 is 4.79 Å². The summed E-state index contributed by atoms with van der Waals surface area (Å²) in [5.41, 5.74) is 2.20. The van der Waals surface area contributed by atoms with Gasteiger partial charge < -0.3 is 0 Å². The molecule has 5 nitrogen and oxygen atoms in total. The number of fused-ring (bicyclic) bond motifs is 2. The highest BCUT2D eigenvalue weighted by Gasteiger charge is 2.42. The lowest BCUT2D eigenvalue weighted by molar-refractivity contribution is -0.122. The zero-order valence-electron chi connectivity index (χ0n) is 11.1. The van der Waals surface area contributed by atoms with E-state index in [0.717, 1.165) is 18.6 Å². The van der Waals surface area contributed by atoms with Gasteiger partial charge >= 0.3 is 0 Å². The monoisotopic (exact) mass is 286 g/mol. The van der Waals surface area contributed by atoms with Crippen molar-refractivity contribution in [3.8, 4) is 0 Å². The molecule has 2 atom stereocenters. The van der Waals surface area contributed by atoms with Gasteiger partial charge in [0.1, 0.15) is 18.2 Å². The van der Waals surface area contributed by atoms with Gasteiger partial charge in [0, 0.05) is 17.0 Å². The maximum atomic E-state index is 12.4. The van der Waals surface area contributed by atoms with Crippen molar-refractivity contribution in [1.82, 2.24) is 14.8 Å². The Balaban J connectivity index is 1.93. The zero-order chi connectivity index (χ0) is 13.7. The molecule has 0 saturated heterocycles. The molecule has 0 radical (unpaired) electrons. The average Bonchev–Trinajstić information content (AvgIpc) is 3.05. The predicted octanol–water partition coefficient (Wildman–Crippen LogP) is 2.69. The highest BCUT2D eigenvalue weighted by Crippen LogP contribution is 2.42. The molecule has 102 valence electrons. The van der Waals surface area contributed by atoms with Crippen LogP contribution >= 0.6 is 11.3 Å². The SMILES string of the molecule is Cc1ccsc1C1C2C(=O)CCCC2=Nc2ncnn21. The van der Waals surface area contributed by atoms with E-state index in [1.807, 2.05) is 4.68 Å². The molecule has 1 aliphatic heterocycles. The van der Waals surface area contributed by atoms with Crippen LogP contribution in [0.15, 0.2) is 22.8 Å². The summed E-state index contributed by atoms with van der Waals surface area (Å²) in [6.45, 7) is 2.08. The Hall–Kier alpha value is -1.82. The van der Waals surface area contributed by atoms with Crippen LogP contribution in [0.3, 0.4) is 0 Å². The number of nitrogens with zero attached hydrogens (tertiary/aromatic N) is 4. The van der Waals surface area contributed by atoms with Crippen LogP contribution in [-0.4, -0.2) is 26.3 Å². The summed E-state index contributed by atoms with van der Waals surface area (Å²) >= 11 is 1.68. The van der Waals surface area contributed by atoms with Gasteiger partial charge in [-0.1, -0.05) is 0 Å². The van der Waals surface area contributed by atoms with Crippen LogP contribution in [0, 0.1) is 12.8 Å². The maximum absolute atomic E-state index is 12.4. The summed E-state index contributed by atoms with van der Waals surface area (Å²) in [5.74, 6) is 0.757. The number of aryl methyl sites for hydroxylation is 1. The number of aliphatic imine (C=N–C) groups is 1. The standard InChI is InChI=1S/C14H14N4OS/c1-8-5-6-20-13(8)12-11-9(3-2-4-10(11)19)17-14-15-7-16-18(12)14/h5-7,11-12H,2-4H2,1H3. The molecule has 0 N–H and O–H groups in total. The van der Waals surface area contributed by atoms with Crippen molar-refractivity contribution in [1.29, 1.82) is 0 Å². The zero-order valence-corrected chi connectivity index (χ0v) is 11.9. The predicted molar refractivity (Wildman–Crippen MR) is 76.7 cm³/mol. The molecule has 2 unspecified atom stereocenters. The lowest BCUT2D eigenvalue weighted by Gasteiger charge is -2.33. The van der Waals surface area contributed by atoms with Gasteiger partial charge in [0.05, 0.1) is 5.92 Å². The maximum Gasteiger partial charge on any atom is 0.248 e. The third-order valence-corrected chi connectivity index (χ3v) is 5.20. The molecule has 0 bridgehead atoms. The average molecular weight is 286 g/mol. The number of rotatable bonds is 1. The summed E-state index contributed by atoms with van der Waals surface area (Å²) < 4.78 is 1.82. The van der Waals surface area contributed by atoms with E-state index in [0.29, 0.717) is 12.4 Å². The number of Topliss-reactive ketones (excluding diaryl/α,β-unsaturated/α-hetero) is 1.